The van der Waals surface area contributed by atoms with Gasteiger partial charge < -0.3 is 39.2 Å². The minimum atomic E-state index is -0.114. The molecule has 0 unspecified atom stereocenters. The lowest BCUT2D eigenvalue weighted by Crippen LogP contribution is -2.32. The Morgan fingerprint density at radius 2 is 1.48 bits per heavy atom. The van der Waals surface area contributed by atoms with Crippen molar-refractivity contribution in [2.45, 2.75) is 64.8 Å². The van der Waals surface area contributed by atoms with E-state index in [4.69, 9.17) is 28.7 Å². The maximum atomic E-state index is 6.01. The number of para-hydroxylation sites is 1. The van der Waals surface area contributed by atoms with Crippen LogP contribution in [0.4, 0.5) is 11.6 Å². The number of ether oxygens (including phenoxy) is 5. The quantitative estimate of drug-likeness (QED) is 0.0600. The molecule has 0 saturated carbocycles. The lowest BCUT2D eigenvalue weighted by Gasteiger charge is -2.25. The first-order chi connectivity index (χ1) is 26.7. The summed E-state index contributed by atoms with van der Waals surface area (Å²) >= 11 is 0. The van der Waals surface area contributed by atoms with E-state index in [-0.39, 0.29) is 6.04 Å². The summed E-state index contributed by atoms with van der Waals surface area (Å²) in [5.74, 6) is 3.28. The minimum Gasteiger partial charge on any atom is -0.379 e. The lowest BCUT2D eigenvalue weighted by atomic mass is 10.1. The number of hydrogen-bond donors (Lipinski definition) is 3. The summed E-state index contributed by atoms with van der Waals surface area (Å²) in [4.78, 5) is 20.9. The Bertz CT molecular complexity index is 1570. The van der Waals surface area contributed by atoms with Gasteiger partial charge in [-0.3, -0.25) is 5.10 Å². The van der Waals surface area contributed by atoms with E-state index >= 15 is 0 Å². The number of nitrogens with one attached hydrogen (secondary N) is 3. The average Bonchev–Trinajstić information content (AvgIpc) is 3.74. The highest BCUT2D eigenvalue weighted by Gasteiger charge is 2.19. The molecule has 14 heteroatoms. The maximum Gasteiger partial charge on any atom is 0.146 e. The van der Waals surface area contributed by atoms with Crippen LogP contribution in [0.2, 0.25) is 0 Å². The Morgan fingerprint density at radius 3 is 2.22 bits per heavy atom. The highest BCUT2D eigenvalue weighted by Crippen LogP contribution is 2.25. The van der Waals surface area contributed by atoms with E-state index in [0.29, 0.717) is 65.4 Å². The van der Waals surface area contributed by atoms with Crippen molar-refractivity contribution in [3.63, 3.8) is 0 Å². The van der Waals surface area contributed by atoms with Crippen LogP contribution >= 0.6 is 0 Å². The number of aromatic nitrogens is 6. The smallest absolute Gasteiger partial charge is 0.146 e. The molecule has 54 heavy (non-hydrogen) atoms. The molecule has 3 aromatic heterocycles. The molecule has 296 valence electrons. The van der Waals surface area contributed by atoms with E-state index in [1.807, 2.05) is 24.3 Å². The summed E-state index contributed by atoms with van der Waals surface area (Å²) in [7, 11) is 0. The topological polar surface area (TPSA) is 154 Å². The van der Waals surface area contributed by atoms with Gasteiger partial charge in [0.2, 0.25) is 0 Å². The lowest BCUT2D eigenvalue weighted by molar-refractivity contribution is -0.0127. The van der Waals surface area contributed by atoms with Gasteiger partial charge >= 0.3 is 0 Å². The van der Waals surface area contributed by atoms with Crippen LogP contribution in [-0.4, -0.2) is 127 Å². The molecule has 0 amide bonds. The fourth-order valence-corrected chi connectivity index (χ4v) is 6.24. The molecule has 1 aliphatic rings. The van der Waals surface area contributed by atoms with Crippen LogP contribution in [0.25, 0.3) is 10.9 Å². The Kier molecular flexibility index (Phi) is 18.8. The predicted molar refractivity (Wildman–Crippen MR) is 211 cm³/mol. The van der Waals surface area contributed by atoms with Crippen LogP contribution in [0.5, 0.6) is 0 Å². The van der Waals surface area contributed by atoms with Crippen molar-refractivity contribution in [1.29, 1.82) is 0 Å². The fourth-order valence-electron chi connectivity index (χ4n) is 6.24. The van der Waals surface area contributed by atoms with Crippen LogP contribution in [0.3, 0.4) is 0 Å². The van der Waals surface area contributed by atoms with Crippen LogP contribution in [-0.2, 0) is 36.5 Å². The molecular weight excluding hydrogens is 686 g/mol. The second-order valence-electron chi connectivity index (χ2n) is 14.0. The summed E-state index contributed by atoms with van der Waals surface area (Å²) in [5, 5.41) is 15.3. The summed E-state index contributed by atoms with van der Waals surface area (Å²) in [5.41, 5.74) is 3.38. The Morgan fingerprint density at radius 1 is 0.741 bits per heavy atom. The van der Waals surface area contributed by atoms with E-state index in [1.165, 1.54) is 12.0 Å². The molecule has 0 radical (unpaired) electrons. The molecule has 0 fully saturated rings. The average molecular weight is 748 g/mol. The molecule has 3 N–H and O–H groups in total. The van der Waals surface area contributed by atoms with Gasteiger partial charge in [-0.25, -0.2) is 19.9 Å². The molecule has 1 atom stereocenters. The Labute approximate surface area is 320 Å². The van der Waals surface area contributed by atoms with Crippen LogP contribution in [0, 0.1) is 5.92 Å². The van der Waals surface area contributed by atoms with E-state index in [0.717, 1.165) is 105 Å². The number of nitrogens with zero attached hydrogens (tertiary/aromatic N) is 6. The molecule has 4 aromatic rings. The van der Waals surface area contributed by atoms with Gasteiger partial charge in [-0.2, -0.15) is 5.10 Å². The molecule has 1 aromatic carbocycles. The van der Waals surface area contributed by atoms with Gasteiger partial charge in [-0.15, -0.1) is 0 Å². The van der Waals surface area contributed by atoms with Gasteiger partial charge in [0.15, 0.2) is 0 Å². The molecule has 14 nitrogen and oxygen atoms in total. The van der Waals surface area contributed by atoms with Crippen LogP contribution in [0.15, 0.2) is 49.1 Å². The summed E-state index contributed by atoms with van der Waals surface area (Å²) in [6.07, 6.45) is 10.4. The van der Waals surface area contributed by atoms with Crippen LogP contribution in [0.1, 0.15) is 69.1 Å². The minimum absolute atomic E-state index is 0.114. The van der Waals surface area contributed by atoms with Gasteiger partial charge in [-0.1, -0.05) is 32.0 Å². The summed E-state index contributed by atoms with van der Waals surface area (Å²) in [6, 6.07) is 12.3. The molecule has 5 rings (SSSR count). The zero-order valence-electron chi connectivity index (χ0n) is 32.3. The monoisotopic (exact) mass is 747 g/mol. The maximum absolute atomic E-state index is 6.01. The van der Waals surface area contributed by atoms with Gasteiger partial charge in [0.1, 0.15) is 30.1 Å². The molecular formula is C40H61N9O5. The highest BCUT2D eigenvalue weighted by atomic mass is 16.6. The Balaban J connectivity index is 1.02. The molecule has 4 heterocycles. The van der Waals surface area contributed by atoms with Crippen molar-refractivity contribution >= 4 is 22.5 Å². The van der Waals surface area contributed by atoms with E-state index in [9.17, 15) is 0 Å². The number of hydrogen-bond acceptors (Lipinski definition) is 13. The normalized spacial score (nSPS) is 13.4. The van der Waals surface area contributed by atoms with Gasteiger partial charge in [0.25, 0.3) is 0 Å². The largest absolute Gasteiger partial charge is 0.379 e. The van der Waals surface area contributed by atoms with Crippen LogP contribution < -0.4 is 10.6 Å². The Hall–Kier alpha value is -3.79. The van der Waals surface area contributed by atoms with Crippen molar-refractivity contribution < 1.29 is 23.7 Å². The number of rotatable bonds is 29. The van der Waals surface area contributed by atoms with Crippen molar-refractivity contribution in [2.75, 3.05) is 103 Å². The third kappa shape index (κ3) is 15.2. The third-order valence-electron chi connectivity index (χ3n) is 9.34. The summed E-state index contributed by atoms with van der Waals surface area (Å²) in [6.45, 7) is 13.9. The van der Waals surface area contributed by atoms with E-state index in [2.05, 4.69) is 66.7 Å². The first-order valence-electron chi connectivity index (χ1n) is 19.8. The molecule has 1 aliphatic heterocycles. The van der Waals surface area contributed by atoms with Gasteiger partial charge in [0, 0.05) is 37.3 Å². The summed E-state index contributed by atoms with van der Waals surface area (Å²) < 4.78 is 28.5. The zero-order valence-corrected chi connectivity index (χ0v) is 32.3. The number of fused-ring (bicyclic) bond motifs is 2. The molecule has 0 aliphatic carbocycles. The van der Waals surface area contributed by atoms with Gasteiger partial charge in [0.05, 0.1) is 71.0 Å². The van der Waals surface area contributed by atoms with Crippen molar-refractivity contribution in [3.8, 4) is 0 Å². The zero-order chi connectivity index (χ0) is 37.5. The van der Waals surface area contributed by atoms with E-state index in [1.54, 1.807) is 12.7 Å². The standard InChI is InChI=1S/C40H61N9O5/c1-32(2)15-20-50-22-24-52-26-28-54-29-27-53-25-23-51-21-19-49(17-6-5-9-34-13-12-33-8-7-16-41-38(33)46-34)18-14-37(40-44-31-45-48-40)47-39-35-10-3-4-11-36(35)42-30-43-39/h3-4,10-13,30-32,37H,5-9,14-29H2,1-2H3,(H,41,46)(H,42,43,47)(H,44,45,48)/t37-/m0/s1. The number of unbranched alkanes of at least 4 members (excludes halogenated alkanes) is 1. The number of aromatic amines is 1. The fraction of sp³-hybridized carbons (Fsp3) is 0.625. The number of aryl methyl sites for hydroxylation is 2. The van der Waals surface area contributed by atoms with Crippen molar-refractivity contribution in [1.82, 2.24) is 35.0 Å². The third-order valence-corrected chi connectivity index (χ3v) is 9.34. The second-order valence-corrected chi connectivity index (χ2v) is 14.0. The number of pyridine rings is 1. The number of H-pyrrole nitrogens is 1. The number of anilines is 2. The molecule has 0 spiro atoms. The molecule has 0 saturated heterocycles. The van der Waals surface area contributed by atoms with Crippen molar-refractivity contribution in [2.24, 2.45) is 5.92 Å². The van der Waals surface area contributed by atoms with Gasteiger partial charge in [-0.05, 0) is 81.2 Å². The second kappa shape index (κ2) is 24.6. The SMILES string of the molecule is CC(C)CCOCCOCCOCCOCCOCCN(CCCCc1ccc2c(n1)NCCC2)CC[C@H](Nc1ncnc2ccccc12)c1ncn[nH]1. The predicted octanol–water partition coefficient (Wildman–Crippen LogP) is 5.50. The van der Waals surface area contributed by atoms with E-state index < -0.39 is 0 Å². The van der Waals surface area contributed by atoms with Crippen molar-refractivity contribution in [3.05, 3.63) is 66.1 Å². The highest BCUT2D eigenvalue weighted by molar-refractivity contribution is 5.88. The molecule has 0 bridgehead atoms. The first-order valence-corrected chi connectivity index (χ1v) is 19.8. The first kappa shape index (κ1) is 41.4. The number of benzene rings is 1.